The van der Waals surface area contributed by atoms with E-state index in [1.807, 2.05) is 13.8 Å². The standard InChI is InChI=1S/C7H8BrClN2O/c1-3(2)5-4(8)6(12)11-7(9)10-5/h3H,1-2H3,(H,10,11,12). The van der Waals surface area contributed by atoms with Crippen molar-refractivity contribution >= 4 is 27.5 Å². The van der Waals surface area contributed by atoms with E-state index in [2.05, 4.69) is 25.9 Å². The Bertz CT molecular complexity index is 348. The van der Waals surface area contributed by atoms with Crippen LogP contribution in [0.25, 0.3) is 0 Å². The van der Waals surface area contributed by atoms with Crippen molar-refractivity contribution in [1.29, 1.82) is 0 Å². The van der Waals surface area contributed by atoms with Crippen molar-refractivity contribution in [1.82, 2.24) is 9.97 Å². The van der Waals surface area contributed by atoms with E-state index in [0.717, 1.165) is 0 Å². The summed E-state index contributed by atoms with van der Waals surface area (Å²) in [6.07, 6.45) is 0. The van der Waals surface area contributed by atoms with Crippen molar-refractivity contribution in [2.75, 3.05) is 0 Å². The molecule has 0 aliphatic heterocycles. The molecule has 1 N–H and O–H groups in total. The Morgan fingerprint density at radius 1 is 1.58 bits per heavy atom. The molecule has 0 radical (unpaired) electrons. The fourth-order valence-electron chi connectivity index (χ4n) is 0.830. The number of aromatic nitrogens is 2. The van der Waals surface area contributed by atoms with E-state index < -0.39 is 0 Å². The molecule has 0 aromatic carbocycles. The smallest absolute Gasteiger partial charge is 0.266 e. The molecule has 0 atom stereocenters. The van der Waals surface area contributed by atoms with Gasteiger partial charge in [-0.1, -0.05) is 13.8 Å². The Labute approximate surface area is 83.3 Å². The van der Waals surface area contributed by atoms with E-state index in [-0.39, 0.29) is 16.8 Å². The van der Waals surface area contributed by atoms with Gasteiger partial charge in [-0.05, 0) is 33.4 Å². The van der Waals surface area contributed by atoms with Crippen LogP contribution in [0, 0.1) is 0 Å². The third kappa shape index (κ3) is 1.87. The highest BCUT2D eigenvalue weighted by Crippen LogP contribution is 2.19. The van der Waals surface area contributed by atoms with E-state index in [1.165, 1.54) is 0 Å². The van der Waals surface area contributed by atoms with Crippen molar-refractivity contribution < 1.29 is 0 Å². The van der Waals surface area contributed by atoms with Gasteiger partial charge in [-0.15, -0.1) is 0 Å². The van der Waals surface area contributed by atoms with Gasteiger partial charge in [0.05, 0.1) is 5.69 Å². The molecule has 0 saturated carbocycles. The monoisotopic (exact) mass is 250 g/mol. The first-order valence-corrected chi connectivity index (χ1v) is 4.64. The van der Waals surface area contributed by atoms with Crippen LogP contribution >= 0.6 is 27.5 Å². The quantitative estimate of drug-likeness (QED) is 0.779. The zero-order valence-electron chi connectivity index (χ0n) is 6.69. The van der Waals surface area contributed by atoms with Crippen molar-refractivity contribution in [2.45, 2.75) is 19.8 Å². The predicted octanol–water partition coefficient (Wildman–Crippen LogP) is 2.31. The summed E-state index contributed by atoms with van der Waals surface area (Å²) < 4.78 is 0.460. The summed E-state index contributed by atoms with van der Waals surface area (Å²) in [6.45, 7) is 3.89. The molecular formula is C7H8BrClN2O. The highest BCUT2D eigenvalue weighted by atomic mass is 79.9. The van der Waals surface area contributed by atoms with Gasteiger partial charge in [0.2, 0.25) is 5.28 Å². The van der Waals surface area contributed by atoms with E-state index in [1.54, 1.807) is 0 Å². The molecule has 0 unspecified atom stereocenters. The van der Waals surface area contributed by atoms with Gasteiger partial charge in [-0.2, -0.15) is 0 Å². The number of nitrogens with zero attached hydrogens (tertiary/aromatic N) is 1. The number of nitrogens with one attached hydrogen (secondary N) is 1. The van der Waals surface area contributed by atoms with Gasteiger partial charge in [-0.25, -0.2) is 4.98 Å². The van der Waals surface area contributed by atoms with E-state index >= 15 is 0 Å². The van der Waals surface area contributed by atoms with E-state index in [4.69, 9.17) is 11.6 Å². The molecule has 0 fully saturated rings. The molecule has 0 amide bonds. The molecular weight excluding hydrogens is 243 g/mol. The average Bonchev–Trinajstić information content (AvgIpc) is 1.96. The van der Waals surface area contributed by atoms with Crippen molar-refractivity contribution in [2.24, 2.45) is 0 Å². The summed E-state index contributed by atoms with van der Waals surface area (Å²) in [5.74, 6) is 0.180. The third-order valence-electron chi connectivity index (χ3n) is 1.41. The maximum Gasteiger partial charge on any atom is 0.266 e. The largest absolute Gasteiger partial charge is 0.296 e. The van der Waals surface area contributed by atoms with Gasteiger partial charge in [0, 0.05) is 0 Å². The Hall–Kier alpha value is -0.350. The van der Waals surface area contributed by atoms with Crippen LogP contribution in [0.5, 0.6) is 0 Å². The molecule has 3 nitrogen and oxygen atoms in total. The lowest BCUT2D eigenvalue weighted by Gasteiger charge is -2.05. The van der Waals surface area contributed by atoms with Crippen LogP contribution in [0.15, 0.2) is 9.27 Å². The highest BCUT2D eigenvalue weighted by Gasteiger charge is 2.10. The molecule has 1 heterocycles. The number of H-pyrrole nitrogens is 1. The molecule has 1 aromatic rings. The molecule has 0 aliphatic carbocycles. The lowest BCUT2D eigenvalue weighted by molar-refractivity contribution is 0.800. The summed E-state index contributed by atoms with van der Waals surface area (Å²) in [7, 11) is 0. The molecule has 1 aromatic heterocycles. The fourth-order valence-corrected chi connectivity index (χ4v) is 1.65. The summed E-state index contributed by atoms with van der Waals surface area (Å²) >= 11 is 8.73. The molecule has 0 spiro atoms. The summed E-state index contributed by atoms with van der Waals surface area (Å²) in [5.41, 5.74) is 0.447. The van der Waals surface area contributed by atoms with Gasteiger partial charge in [-0.3, -0.25) is 9.78 Å². The molecule has 0 aliphatic rings. The highest BCUT2D eigenvalue weighted by molar-refractivity contribution is 9.10. The molecule has 12 heavy (non-hydrogen) atoms. The number of halogens is 2. The topological polar surface area (TPSA) is 45.8 Å². The summed E-state index contributed by atoms with van der Waals surface area (Å²) in [6, 6.07) is 0. The van der Waals surface area contributed by atoms with Gasteiger partial charge in [0.1, 0.15) is 4.47 Å². The van der Waals surface area contributed by atoms with Crippen LogP contribution in [-0.4, -0.2) is 9.97 Å². The van der Waals surface area contributed by atoms with Crippen LogP contribution in [0.1, 0.15) is 25.5 Å². The Kier molecular flexibility index (Phi) is 2.90. The molecule has 1 rings (SSSR count). The van der Waals surface area contributed by atoms with Crippen LogP contribution in [0.2, 0.25) is 5.28 Å². The maximum absolute atomic E-state index is 11.1. The zero-order chi connectivity index (χ0) is 9.30. The lowest BCUT2D eigenvalue weighted by Crippen LogP contribution is -2.12. The Balaban J connectivity index is 3.38. The normalized spacial score (nSPS) is 10.8. The minimum atomic E-state index is -0.237. The second kappa shape index (κ2) is 3.58. The average molecular weight is 252 g/mol. The summed E-state index contributed by atoms with van der Waals surface area (Å²) in [4.78, 5) is 17.5. The van der Waals surface area contributed by atoms with Crippen LogP contribution < -0.4 is 5.56 Å². The minimum absolute atomic E-state index is 0.131. The number of hydrogen-bond donors (Lipinski definition) is 1. The SMILES string of the molecule is CC(C)c1nc(Cl)[nH]c(=O)c1Br. The van der Waals surface area contributed by atoms with Crippen molar-refractivity contribution in [3.05, 3.63) is 25.8 Å². The molecule has 5 heteroatoms. The first-order valence-electron chi connectivity index (χ1n) is 3.47. The zero-order valence-corrected chi connectivity index (χ0v) is 9.03. The second-order valence-corrected chi connectivity index (χ2v) is 3.86. The lowest BCUT2D eigenvalue weighted by atomic mass is 10.1. The number of aromatic amines is 1. The first-order chi connectivity index (χ1) is 5.52. The molecule has 0 bridgehead atoms. The number of rotatable bonds is 1. The van der Waals surface area contributed by atoms with E-state index in [0.29, 0.717) is 10.2 Å². The van der Waals surface area contributed by atoms with Crippen LogP contribution in [0.4, 0.5) is 0 Å². The maximum atomic E-state index is 11.1. The van der Waals surface area contributed by atoms with Crippen LogP contribution in [0.3, 0.4) is 0 Å². The molecule has 66 valence electrons. The van der Waals surface area contributed by atoms with Gasteiger partial charge in [0.25, 0.3) is 5.56 Å². The van der Waals surface area contributed by atoms with E-state index in [9.17, 15) is 4.79 Å². The van der Waals surface area contributed by atoms with Gasteiger partial charge >= 0.3 is 0 Å². The first kappa shape index (κ1) is 9.74. The second-order valence-electron chi connectivity index (χ2n) is 2.71. The fraction of sp³-hybridized carbons (Fsp3) is 0.429. The number of hydrogen-bond acceptors (Lipinski definition) is 2. The molecule has 0 saturated heterocycles. The Morgan fingerprint density at radius 3 is 2.67 bits per heavy atom. The van der Waals surface area contributed by atoms with Gasteiger partial charge < -0.3 is 0 Å². The minimum Gasteiger partial charge on any atom is -0.296 e. The van der Waals surface area contributed by atoms with Crippen LogP contribution in [-0.2, 0) is 0 Å². The summed E-state index contributed by atoms with van der Waals surface area (Å²) in [5, 5.41) is 0.131. The van der Waals surface area contributed by atoms with Crippen molar-refractivity contribution in [3.63, 3.8) is 0 Å². The Morgan fingerprint density at radius 2 is 2.17 bits per heavy atom. The van der Waals surface area contributed by atoms with Crippen molar-refractivity contribution in [3.8, 4) is 0 Å². The van der Waals surface area contributed by atoms with Gasteiger partial charge in [0.15, 0.2) is 0 Å². The third-order valence-corrected chi connectivity index (χ3v) is 2.35. The predicted molar refractivity (Wildman–Crippen MR) is 51.7 cm³/mol.